The molecule has 1 heterocycles. The van der Waals surface area contributed by atoms with Gasteiger partial charge in [0.05, 0.1) is 6.20 Å². The molecule has 2 unspecified atom stereocenters. The molecule has 4 heteroatoms. The molecule has 0 aliphatic heterocycles. The molecule has 0 radical (unpaired) electrons. The summed E-state index contributed by atoms with van der Waals surface area (Å²) >= 11 is 0. The number of allylic oxidation sites excluding steroid dienone is 4. The van der Waals surface area contributed by atoms with E-state index < -0.39 is 0 Å². The highest BCUT2D eigenvalue weighted by Gasteiger charge is 2.27. The van der Waals surface area contributed by atoms with E-state index in [0.717, 1.165) is 12.8 Å². The van der Waals surface area contributed by atoms with Crippen molar-refractivity contribution < 1.29 is 9.57 Å². The Balaban J connectivity index is 1.65. The Hall–Kier alpha value is -2.23. The smallest absolute Gasteiger partial charge is 0.237 e. The van der Waals surface area contributed by atoms with Crippen LogP contribution in [0.5, 0.6) is 5.88 Å². The lowest BCUT2D eigenvalue weighted by Gasteiger charge is -2.28. The minimum absolute atomic E-state index is 0.354. The van der Waals surface area contributed by atoms with Crippen LogP contribution >= 0.6 is 0 Å². The number of hydrogen-bond acceptors (Lipinski definition) is 3. The quantitative estimate of drug-likeness (QED) is 0.842. The first-order chi connectivity index (χ1) is 10.9. The zero-order valence-electron chi connectivity index (χ0n) is 14.2. The van der Waals surface area contributed by atoms with Crippen LogP contribution in [0.2, 0.25) is 0 Å². The first-order valence-corrected chi connectivity index (χ1v) is 8.02. The minimum Gasteiger partial charge on any atom is -0.466 e. The fourth-order valence-electron chi connectivity index (χ4n) is 2.61. The summed E-state index contributed by atoms with van der Waals surface area (Å²) in [6.07, 6.45) is 16.1. The molecule has 2 aliphatic carbocycles. The van der Waals surface area contributed by atoms with Crippen molar-refractivity contribution in [2.75, 3.05) is 0 Å². The van der Waals surface area contributed by atoms with Gasteiger partial charge in [0.25, 0.3) is 0 Å². The van der Waals surface area contributed by atoms with E-state index in [1.54, 1.807) is 6.20 Å². The molecule has 3 rings (SSSR count). The lowest BCUT2D eigenvalue weighted by atomic mass is 9.94. The van der Waals surface area contributed by atoms with Gasteiger partial charge in [0.15, 0.2) is 5.60 Å². The van der Waals surface area contributed by atoms with Gasteiger partial charge in [0.1, 0.15) is 5.60 Å². The Morgan fingerprint density at radius 3 is 2.17 bits per heavy atom. The molecule has 0 fully saturated rings. The van der Waals surface area contributed by atoms with Gasteiger partial charge in [-0.1, -0.05) is 40.5 Å². The topological polar surface area (TPSA) is 36.3 Å². The Morgan fingerprint density at radius 1 is 1.00 bits per heavy atom. The Bertz CT molecular complexity index is 652. The Morgan fingerprint density at radius 2 is 1.61 bits per heavy atom. The summed E-state index contributed by atoms with van der Waals surface area (Å²) in [4.78, 5) is 7.47. The molecule has 0 spiro atoms. The molecule has 2 atom stereocenters. The van der Waals surface area contributed by atoms with Crippen molar-refractivity contribution in [3.05, 3.63) is 59.9 Å². The zero-order valence-corrected chi connectivity index (χ0v) is 14.2. The van der Waals surface area contributed by atoms with Gasteiger partial charge in [-0.2, -0.15) is 0 Å². The lowest BCUT2D eigenvalue weighted by molar-refractivity contribution is -0.0277. The zero-order chi connectivity index (χ0) is 16.5. The lowest BCUT2D eigenvalue weighted by Crippen LogP contribution is -2.37. The first kappa shape index (κ1) is 15.7. The maximum absolute atomic E-state index is 6.04. The van der Waals surface area contributed by atoms with Crippen molar-refractivity contribution in [3.8, 4) is 5.88 Å². The first-order valence-electron chi connectivity index (χ1n) is 8.02. The molecule has 1 aromatic heterocycles. The molecule has 4 nitrogen and oxygen atoms in total. The summed E-state index contributed by atoms with van der Waals surface area (Å²) in [6, 6.07) is 1.83. The number of rotatable bonds is 4. The molecule has 1 aromatic rings. The fourth-order valence-corrected chi connectivity index (χ4v) is 2.61. The van der Waals surface area contributed by atoms with Crippen LogP contribution in [-0.2, 0) is 0 Å². The van der Waals surface area contributed by atoms with Crippen LogP contribution in [0.4, 0.5) is 0 Å². The van der Waals surface area contributed by atoms with Crippen molar-refractivity contribution in [1.29, 1.82) is 0 Å². The third-order valence-electron chi connectivity index (χ3n) is 4.24. The molecule has 122 valence electrons. The molecule has 0 aromatic carbocycles. The molecule has 0 saturated carbocycles. The van der Waals surface area contributed by atoms with Gasteiger partial charge in [0.2, 0.25) is 5.88 Å². The Labute approximate surface area is 137 Å². The van der Waals surface area contributed by atoms with Gasteiger partial charge >= 0.3 is 0 Å². The number of aromatic nitrogens is 2. The molecule has 23 heavy (non-hydrogen) atoms. The molecule has 2 aliphatic rings. The van der Waals surface area contributed by atoms with E-state index in [1.807, 2.05) is 13.0 Å². The number of nitrogens with zero attached hydrogens (tertiary/aromatic N) is 2. The minimum atomic E-state index is -0.378. The van der Waals surface area contributed by atoms with Crippen LogP contribution < -0.4 is 9.57 Å². The average Bonchev–Trinajstić information content (AvgIpc) is 2.92. The molecule has 0 bridgehead atoms. The predicted octanol–water partition coefficient (Wildman–Crippen LogP) is 4.02. The number of hydrogen-bond donors (Lipinski definition) is 0. The van der Waals surface area contributed by atoms with Crippen LogP contribution in [0.1, 0.15) is 40.5 Å². The normalized spacial score (nSPS) is 29.9. The van der Waals surface area contributed by atoms with Gasteiger partial charge in [-0.05, 0) is 39.8 Å². The SMILES string of the molecule is CC1=CCC(C)(Oc2ccn(OC3(C)C=CC(C)=CC3)n2)C=C1. The van der Waals surface area contributed by atoms with E-state index in [9.17, 15) is 0 Å². The van der Waals surface area contributed by atoms with Gasteiger partial charge in [-0.15, -0.1) is 4.85 Å². The van der Waals surface area contributed by atoms with Crippen LogP contribution in [0.3, 0.4) is 0 Å². The maximum atomic E-state index is 6.04. The number of ether oxygens (including phenoxy) is 1. The van der Waals surface area contributed by atoms with Crippen molar-refractivity contribution in [1.82, 2.24) is 9.94 Å². The van der Waals surface area contributed by atoms with E-state index in [2.05, 4.69) is 62.3 Å². The van der Waals surface area contributed by atoms with Crippen LogP contribution in [0.15, 0.2) is 59.9 Å². The van der Waals surface area contributed by atoms with Crippen molar-refractivity contribution in [2.45, 2.75) is 51.7 Å². The predicted molar refractivity (Wildman–Crippen MR) is 91.3 cm³/mol. The highest BCUT2D eigenvalue weighted by Crippen LogP contribution is 2.27. The summed E-state index contributed by atoms with van der Waals surface area (Å²) in [5.74, 6) is 0.570. The summed E-state index contributed by atoms with van der Waals surface area (Å²) in [5, 5.41) is 4.39. The summed E-state index contributed by atoms with van der Waals surface area (Å²) in [7, 11) is 0. The molecule has 0 N–H and O–H groups in total. The Kier molecular flexibility index (Phi) is 3.92. The molecular weight excluding hydrogens is 288 g/mol. The van der Waals surface area contributed by atoms with Gasteiger partial charge in [0, 0.05) is 18.9 Å². The van der Waals surface area contributed by atoms with E-state index in [1.165, 1.54) is 16.0 Å². The van der Waals surface area contributed by atoms with E-state index >= 15 is 0 Å². The van der Waals surface area contributed by atoms with E-state index in [4.69, 9.17) is 9.57 Å². The van der Waals surface area contributed by atoms with Gasteiger partial charge in [-0.3, -0.25) is 0 Å². The average molecular weight is 312 g/mol. The third kappa shape index (κ3) is 3.76. The van der Waals surface area contributed by atoms with Crippen LogP contribution in [-0.4, -0.2) is 21.1 Å². The van der Waals surface area contributed by atoms with E-state index in [0.29, 0.717) is 5.88 Å². The monoisotopic (exact) mass is 312 g/mol. The van der Waals surface area contributed by atoms with E-state index in [-0.39, 0.29) is 11.2 Å². The molecule has 0 saturated heterocycles. The summed E-state index contributed by atoms with van der Waals surface area (Å²) < 4.78 is 6.04. The highest BCUT2D eigenvalue weighted by molar-refractivity contribution is 5.27. The second-order valence-electron chi connectivity index (χ2n) is 6.85. The fraction of sp³-hybridized carbons (Fsp3) is 0.421. The maximum Gasteiger partial charge on any atom is 0.237 e. The standard InChI is InChI=1S/C19H24N2O2/c1-15-5-10-18(3,11-6-15)22-17-9-14-21(20-17)23-19(4)12-7-16(2)8-13-19/h5-10,12,14H,11,13H2,1-4H3. The van der Waals surface area contributed by atoms with Crippen molar-refractivity contribution in [3.63, 3.8) is 0 Å². The highest BCUT2D eigenvalue weighted by atomic mass is 16.7. The van der Waals surface area contributed by atoms with Gasteiger partial charge < -0.3 is 9.57 Å². The molecule has 0 amide bonds. The summed E-state index contributed by atoms with van der Waals surface area (Å²) in [6.45, 7) is 8.29. The third-order valence-corrected chi connectivity index (χ3v) is 4.24. The largest absolute Gasteiger partial charge is 0.466 e. The second-order valence-corrected chi connectivity index (χ2v) is 6.85. The van der Waals surface area contributed by atoms with Crippen LogP contribution in [0.25, 0.3) is 0 Å². The van der Waals surface area contributed by atoms with Crippen molar-refractivity contribution >= 4 is 0 Å². The van der Waals surface area contributed by atoms with Crippen LogP contribution in [0, 0.1) is 0 Å². The summed E-state index contributed by atoms with van der Waals surface area (Å²) in [5.41, 5.74) is 1.79. The van der Waals surface area contributed by atoms with Gasteiger partial charge in [-0.25, -0.2) is 0 Å². The van der Waals surface area contributed by atoms with Crippen molar-refractivity contribution in [2.24, 2.45) is 0 Å². The second kappa shape index (κ2) is 5.76. The molecular formula is C19H24N2O2.